The molecule has 4 aromatic carbocycles. The molecule has 45 heavy (non-hydrogen) atoms. The molecule has 0 radical (unpaired) electrons. The fourth-order valence-corrected chi connectivity index (χ4v) is 6.36. The predicted molar refractivity (Wildman–Crippen MR) is 171 cm³/mol. The summed E-state index contributed by atoms with van der Waals surface area (Å²) in [5.74, 6) is -0.813. The van der Waals surface area contributed by atoms with Gasteiger partial charge in [-0.2, -0.15) is 0 Å². The summed E-state index contributed by atoms with van der Waals surface area (Å²) in [7, 11) is 0. The lowest BCUT2D eigenvalue weighted by Gasteiger charge is -2.30. The van der Waals surface area contributed by atoms with Gasteiger partial charge >= 0.3 is 12.1 Å². The number of alkyl carbamates (subject to hydrolysis) is 1. The molecule has 1 N–H and O–H groups in total. The molecule has 0 bridgehead atoms. The molecule has 1 amide bonds. The van der Waals surface area contributed by atoms with E-state index in [2.05, 4.69) is 5.32 Å². The summed E-state index contributed by atoms with van der Waals surface area (Å²) < 4.78 is 35.2. The Morgan fingerprint density at radius 1 is 1.02 bits per heavy atom. The van der Waals surface area contributed by atoms with Crippen molar-refractivity contribution in [2.24, 2.45) is 0 Å². The molecule has 230 valence electrons. The fraction of sp³-hybridized carbons (Fsp3) is 0.286. The van der Waals surface area contributed by atoms with E-state index >= 15 is 4.39 Å². The first kappa shape index (κ1) is 28.6. The molecule has 7 rings (SSSR count). The van der Waals surface area contributed by atoms with Crippen LogP contribution in [0.4, 0.5) is 14.9 Å². The Hall–Kier alpha value is -5.12. The van der Waals surface area contributed by atoms with Crippen molar-refractivity contribution in [3.63, 3.8) is 0 Å². The summed E-state index contributed by atoms with van der Waals surface area (Å²) in [5, 5.41) is 6.71. The SMILES string of the molecule is CCOC(=O)c1cn2c3c(c(N4CC[C@H](NC(=O)OC(C)(C)C)C4)c(F)cc3c1=O)Oc1c-2ccc2c1ccc1ccccc12. The number of carbonyl (C=O) groups is 2. The monoisotopic (exact) mass is 609 g/mol. The lowest BCUT2D eigenvalue weighted by molar-refractivity contribution is 0.0503. The van der Waals surface area contributed by atoms with Crippen molar-refractivity contribution < 1.29 is 28.2 Å². The largest absolute Gasteiger partial charge is 0.462 e. The maximum Gasteiger partial charge on any atom is 0.407 e. The summed E-state index contributed by atoms with van der Waals surface area (Å²) in [6.45, 7) is 7.84. The van der Waals surface area contributed by atoms with Crippen LogP contribution in [0.25, 0.3) is 38.1 Å². The third-order valence-corrected chi connectivity index (χ3v) is 8.21. The van der Waals surface area contributed by atoms with Gasteiger partial charge in [0.1, 0.15) is 22.4 Å². The first-order chi connectivity index (χ1) is 21.5. The third-order valence-electron chi connectivity index (χ3n) is 8.21. The van der Waals surface area contributed by atoms with Crippen LogP contribution in [0.1, 0.15) is 44.5 Å². The molecule has 2 aliphatic heterocycles. The molecule has 0 spiro atoms. The molecule has 1 saturated heterocycles. The zero-order valence-corrected chi connectivity index (χ0v) is 25.4. The zero-order chi connectivity index (χ0) is 31.6. The highest BCUT2D eigenvalue weighted by molar-refractivity contribution is 6.11. The average molecular weight is 610 g/mol. The summed E-state index contributed by atoms with van der Waals surface area (Å²) in [6.07, 6.45) is 1.47. The minimum Gasteiger partial charge on any atom is -0.462 e. The first-order valence-electron chi connectivity index (χ1n) is 15.0. The van der Waals surface area contributed by atoms with Gasteiger partial charge in [0.05, 0.1) is 23.7 Å². The second kappa shape index (κ2) is 10.5. The van der Waals surface area contributed by atoms with Gasteiger partial charge < -0.3 is 29.0 Å². The van der Waals surface area contributed by atoms with Gasteiger partial charge in [0.25, 0.3) is 0 Å². The fourth-order valence-electron chi connectivity index (χ4n) is 6.36. The van der Waals surface area contributed by atoms with Gasteiger partial charge in [-0.1, -0.05) is 36.4 Å². The number of esters is 1. The number of benzene rings is 4. The van der Waals surface area contributed by atoms with E-state index < -0.39 is 28.9 Å². The molecule has 10 heteroatoms. The lowest BCUT2D eigenvalue weighted by Crippen LogP contribution is -2.40. The van der Waals surface area contributed by atoms with E-state index in [1.54, 1.807) is 32.3 Å². The molecule has 0 aliphatic carbocycles. The molecule has 0 unspecified atom stereocenters. The van der Waals surface area contributed by atoms with Crippen LogP contribution < -0.4 is 20.4 Å². The van der Waals surface area contributed by atoms with Crippen LogP contribution in [-0.4, -0.2) is 48.0 Å². The second-order valence-electron chi connectivity index (χ2n) is 12.4. The van der Waals surface area contributed by atoms with Gasteiger partial charge in [-0.25, -0.2) is 14.0 Å². The van der Waals surface area contributed by atoms with Crippen molar-refractivity contribution in [1.82, 2.24) is 9.88 Å². The number of fused-ring (bicyclic) bond motifs is 6. The van der Waals surface area contributed by atoms with Gasteiger partial charge in [-0.15, -0.1) is 0 Å². The molecule has 2 aliphatic rings. The molecule has 5 aromatic rings. The van der Waals surface area contributed by atoms with E-state index in [1.165, 1.54) is 6.20 Å². The van der Waals surface area contributed by atoms with Crippen LogP contribution in [0.15, 0.2) is 65.6 Å². The number of ether oxygens (including phenoxy) is 3. The molecular weight excluding hydrogens is 577 g/mol. The Labute approximate surface area is 258 Å². The number of amides is 1. The van der Waals surface area contributed by atoms with Gasteiger partial charge in [0.15, 0.2) is 17.3 Å². The Morgan fingerprint density at radius 3 is 2.58 bits per heavy atom. The van der Waals surface area contributed by atoms with E-state index in [4.69, 9.17) is 14.2 Å². The molecule has 0 saturated carbocycles. The summed E-state index contributed by atoms with van der Waals surface area (Å²) >= 11 is 0. The van der Waals surface area contributed by atoms with Crippen LogP contribution in [0.3, 0.4) is 0 Å². The third kappa shape index (κ3) is 4.81. The number of hydrogen-bond donors (Lipinski definition) is 1. The van der Waals surface area contributed by atoms with Crippen molar-refractivity contribution in [3.8, 4) is 17.2 Å². The molecule has 9 nitrogen and oxygen atoms in total. The maximum absolute atomic E-state index is 16.2. The minimum absolute atomic E-state index is 0.00342. The lowest BCUT2D eigenvalue weighted by atomic mass is 9.99. The Kier molecular flexibility index (Phi) is 6.68. The van der Waals surface area contributed by atoms with E-state index in [1.807, 2.05) is 53.4 Å². The number of nitrogens with zero attached hydrogens (tertiary/aromatic N) is 2. The van der Waals surface area contributed by atoms with Gasteiger partial charge in [0, 0.05) is 24.7 Å². The number of anilines is 1. The first-order valence-corrected chi connectivity index (χ1v) is 15.0. The molecule has 1 fully saturated rings. The molecule has 1 atom stereocenters. The zero-order valence-electron chi connectivity index (χ0n) is 25.4. The van der Waals surface area contributed by atoms with Gasteiger partial charge in [-0.3, -0.25) is 4.79 Å². The van der Waals surface area contributed by atoms with E-state index in [0.29, 0.717) is 36.5 Å². The smallest absolute Gasteiger partial charge is 0.407 e. The number of nitrogens with one attached hydrogen (secondary N) is 1. The topological polar surface area (TPSA) is 99.1 Å². The van der Waals surface area contributed by atoms with Crippen molar-refractivity contribution in [2.45, 2.75) is 45.8 Å². The number of pyridine rings is 1. The van der Waals surface area contributed by atoms with Crippen LogP contribution in [0.5, 0.6) is 11.5 Å². The number of hydrogen-bond acceptors (Lipinski definition) is 7. The normalized spacial score (nSPS) is 15.7. The summed E-state index contributed by atoms with van der Waals surface area (Å²) in [6, 6.07) is 16.7. The number of rotatable bonds is 4. The number of halogens is 1. The standard InChI is InChI=1S/C35H32FN3O6/c1-5-43-33(41)25-18-39-27-13-12-22-21-9-7-6-8-19(21)10-11-23(22)31(27)44-32-28(39)24(30(25)40)16-26(36)29(32)38-15-14-20(17-38)37-34(42)45-35(2,3)4/h6-13,16,18,20H,5,14-15,17H2,1-4H3,(H,37,42)/t20-/m0/s1. The van der Waals surface area contributed by atoms with Crippen molar-refractivity contribution >= 4 is 50.2 Å². The quantitative estimate of drug-likeness (QED) is 0.173. The van der Waals surface area contributed by atoms with E-state index in [0.717, 1.165) is 27.6 Å². The summed E-state index contributed by atoms with van der Waals surface area (Å²) in [5.41, 5.74) is -0.368. The number of aromatic nitrogens is 1. The number of carbonyl (C=O) groups excluding carboxylic acids is 2. The van der Waals surface area contributed by atoms with Crippen molar-refractivity contribution in [2.75, 3.05) is 24.6 Å². The van der Waals surface area contributed by atoms with Gasteiger partial charge in [-0.05, 0) is 68.5 Å². The Morgan fingerprint density at radius 2 is 1.80 bits per heavy atom. The van der Waals surface area contributed by atoms with Crippen LogP contribution in [0.2, 0.25) is 0 Å². The second-order valence-corrected chi connectivity index (χ2v) is 12.4. The molecular formula is C35H32FN3O6. The minimum atomic E-state index is -0.783. The predicted octanol–water partition coefficient (Wildman–Crippen LogP) is 6.82. The van der Waals surface area contributed by atoms with Crippen LogP contribution in [0, 0.1) is 5.82 Å². The molecule has 3 heterocycles. The Bertz CT molecular complexity index is 2120. The van der Waals surface area contributed by atoms with E-state index in [9.17, 15) is 14.4 Å². The molecule has 1 aromatic heterocycles. The highest BCUT2D eigenvalue weighted by Gasteiger charge is 2.35. The highest BCUT2D eigenvalue weighted by Crippen LogP contribution is 2.50. The Balaban J connectivity index is 1.42. The van der Waals surface area contributed by atoms with Crippen LogP contribution >= 0.6 is 0 Å². The van der Waals surface area contributed by atoms with Crippen LogP contribution in [-0.2, 0) is 9.47 Å². The van der Waals surface area contributed by atoms with Crippen molar-refractivity contribution in [1.29, 1.82) is 0 Å². The summed E-state index contributed by atoms with van der Waals surface area (Å²) in [4.78, 5) is 40.8. The highest BCUT2D eigenvalue weighted by atomic mass is 19.1. The van der Waals surface area contributed by atoms with E-state index in [-0.39, 0.29) is 35.0 Å². The average Bonchev–Trinajstić information content (AvgIpc) is 3.44. The van der Waals surface area contributed by atoms with Gasteiger partial charge in [0.2, 0.25) is 5.43 Å². The maximum atomic E-state index is 16.2. The van der Waals surface area contributed by atoms with Crippen molar-refractivity contribution in [3.05, 3.63) is 82.4 Å².